The smallest absolute Gasteiger partial charge is 0.118 e. The molecule has 3 rings (SSSR count). The summed E-state index contributed by atoms with van der Waals surface area (Å²) in [6, 6.07) is 13.8. The topological polar surface area (TPSA) is 28.6 Å². The fourth-order valence-electron chi connectivity index (χ4n) is 3.69. The fraction of sp³-hybridized carbons (Fsp3) is 0.450. The van der Waals surface area contributed by atoms with Crippen LogP contribution in [0.15, 0.2) is 48.8 Å². The lowest BCUT2D eigenvalue weighted by Gasteiger charge is -2.31. The molecule has 0 N–H and O–H groups in total. The number of methoxy groups -OCH3 is 1. The summed E-state index contributed by atoms with van der Waals surface area (Å²) in [5.74, 6) is 0.916. The van der Waals surface area contributed by atoms with Crippen molar-refractivity contribution in [1.82, 2.24) is 14.8 Å². The Morgan fingerprint density at radius 1 is 1.08 bits per heavy atom. The maximum atomic E-state index is 5.26. The highest BCUT2D eigenvalue weighted by molar-refractivity contribution is 5.27. The molecule has 1 fully saturated rings. The van der Waals surface area contributed by atoms with Crippen molar-refractivity contribution < 1.29 is 4.74 Å². The molecule has 128 valence electrons. The first kappa shape index (κ1) is 16.9. The number of pyridine rings is 1. The van der Waals surface area contributed by atoms with Gasteiger partial charge in [-0.05, 0) is 62.3 Å². The Hall–Kier alpha value is -1.91. The molecule has 0 radical (unpaired) electrons. The van der Waals surface area contributed by atoms with E-state index in [0.717, 1.165) is 25.3 Å². The molecule has 1 aromatic carbocycles. The maximum absolute atomic E-state index is 5.26. The largest absolute Gasteiger partial charge is 0.497 e. The summed E-state index contributed by atoms with van der Waals surface area (Å²) < 4.78 is 5.26. The van der Waals surface area contributed by atoms with E-state index in [9.17, 15) is 0 Å². The van der Waals surface area contributed by atoms with Gasteiger partial charge in [-0.3, -0.25) is 9.88 Å². The molecule has 1 saturated heterocycles. The lowest BCUT2D eigenvalue weighted by molar-refractivity contribution is 0.178. The van der Waals surface area contributed by atoms with Crippen LogP contribution in [0.3, 0.4) is 0 Å². The lowest BCUT2D eigenvalue weighted by Crippen LogP contribution is -2.43. The van der Waals surface area contributed by atoms with Gasteiger partial charge in [-0.15, -0.1) is 0 Å². The predicted molar refractivity (Wildman–Crippen MR) is 97.2 cm³/mol. The molecule has 1 aliphatic heterocycles. The van der Waals surface area contributed by atoms with Crippen LogP contribution in [0.25, 0.3) is 0 Å². The Bertz CT molecular complexity index is 627. The van der Waals surface area contributed by atoms with Crippen LogP contribution in [0.5, 0.6) is 5.75 Å². The van der Waals surface area contributed by atoms with E-state index in [1.165, 1.54) is 17.5 Å². The number of hydrogen-bond acceptors (Lipinski definition) is 4. The van der Waals surface area contributed by atoms with Gasteiger partial charge in [0.15, 0.2) is 0 Å². The molecule has 1 aromatic heterocycles. The predicted octanol–water partition coefficient (Wildman–Crippen LogP) is 2.84. The first-order valence-electron chi connectivity index (χ1n) is 8.59. The molecule has 2 atom stereocenters. The minimum absolute atomic E-state index is 0.532. The van der Waals surface area contributed by atoms with Crippen molar-refractivity contribution in [1.29, 1.82) is 0 Å². The second-order valence-electron chi connectivity index (χ2n) is 6.77. The van der Waals surface area contributed by atoms with Crippen molar-refractivity contribution in [2.45, 2.75) is 31.5 Å². The number of likely N-dealkylation sites (N-methyl/N-ethyl adjacent to an activating group) is 1. The first-order valence-corrected chi connectivity index (χ1v) is 8.59. The minimum atomic E-state index is 0.532. The molecule has 2 aromatic rings. The van der Waals surface area contributed by atoms with Gasteiger partial charge in [-0.1, -0.05) is 12.1 Å². The van der Waals surface area contributed by atoms with Crippen LogP contribution in [0.2, 0.25) is 0 Å². The Morgan fingerprint density at radius 2 is 1.79 bits per heavy atom. The van der Waals surface area contributed by atoms with Crippen LogP contribution < -0.4 is 4.74 Å². The van der Waals surface area contributed by atoms with Gasteiger partial charge in [0.1, 0.15) is 5.75 Å². The second kappa shape index (κ2) is 7.77. The molecule has 4 nitrogen and oxygen atoms in total. The Labute approximate surface area is 145 Å². The highest BCUT2D eigenvalue weighted by atomic mass is 16.5. The number of nitrogens with zero attached hydrogens (tertiary/aromatic N) is 3. The summed E-state index contributed by atoms with van der Waals surface area (Å²) in [5.41, 5.74) is 2.71. The third kappa shape index (κ3) is 3.94. The second-order valence-corrected chi connectivity index (χ2v) is 6.77. The molecule has 0 unspecified atom stereocenters. The molecule has 0 bridgehead atoms. The number of aromatic nitrogens is 1. The van der Waals surface area contributed by atoms with Gasteiger partial charge in [0.2, 0.25) is 0 Å². The summed E-state index contributed by atoms with van der Waals surface area (Å²) in [4.78, 5) is 9.13. The minimum Gasteiger partial charge on any atom is -0.497 e. The Kier molecular flexibility index (Phi) is 5.48. The summed E-state index contributed by atoms with van der Waals surface area (Å²) >= 11 is 0. The van der Waals surface area contributed by atoms with Crippen molar-refractivity contribution in [3.05, 3.63) is 59.9 Å². The van der Waals surface area contributed by atoms with E-state index in [-0.39, 0.29) is 0 Å². The van der Waals surface area contributed by atoms with E-state index in [0.29, 0.717) is 12.1 Å². The fourth-order valence-corrected chi connectivity index (χ4v) is 3.69. The standard InChI is InChI=1S/C20H27N3O/c1-22(2)19-10-13-23(15-17-4-6-18(24-3)7-5-17)20(19)14-16-8-11-21-12-9-16/h4-9,11-12,19-20H,10,13-15H2,1-3H3/t19-,20+/m1/s1. The van der Waals surface area contributed by atoms with Crippen LogP contribution >= 0.6 is 0 Å². The van der Waals surface area contributed by atoms with E-state index in [1.54, 1.807) is 7.11 Å². The summed E-state index contributed by atoms with van der Waals surface area (Å²) in [6.45, 7) is 2.13. The highest BCUT2D eigenvalue weighted by Crippen LogP contribution is 2.27. The van der Waals surface area contributed by atoms with E-state index < -0.39 is 0 Å². The van der Waals surface area contributed by atoms with Gasteiger partial charge in [0.05, 0.1) is 7.11 Å². The van der Waals surface area contributed by atoms with Gasteiger partial charge >= 0.3 is 0 Å². The van der Waals surface area contributed by atoms with Crippen LogP contribution in [-0.4, -0.2) is 54.6 Å². The third-order valence-electron chi connectivity index (χ3n) is 5.03. The van der Waals surface area contributed by atoms with Gasteiger partial charge in [-0.2, -0.15) is 0 Å². The van der Waals surface area contributed by atoms with E-state index in [2.05, 4.69) is 53.1 Å². The Morgan fingerprint density at radius 3 is 2.42 bits per heavy atom. The molecule has 4 heteroatoms. The molecule has 1 aliphatic rings. The van der Waals surface area contributed by atoms with Crippen LogP contribution in [0.1, 0.15) is 17.5 Å². The number of likely N-dealkylation sites (tertiary alicyclic amines) is 1. The average Bonchev–Trinajstić information content (AvgIpc) is 2.99. The summed E-state index contributed by atoms with van der Waals surface area (Å²) in [7, 11) is 6.10. The van der Waals surface area contributed by atoms with Crippen molar-refractivity contribution in [3.8, 4) is 5.75 Å². The van der Waals surface area contributed by atoms with Gasteiger partial charge < -0.3 is 9.64 Å². The third-order valence-corrected chi connectivity index (χ3v) is 5.03. The van der Waals surface area contributed by atoms with E-state index in [4.69, 9.17) is 4.74 Å². The van der Waals surface area contributed by atoms with Crippen LogP contribution in [-0.2, 0) is 13.0 Å². The van der Waals surface area contributed by atoms with E-state index in [1.807, 2.05) is 24.5 Å². The molecule has 2 heterocycles. The van der Waals surface area contributed by atoms with E-state index >= 15 is 0 Å². The summed E-state index contributed by atoms with van der Waals surface area (Å²) in [5, 5.41) is 0. The zero-order chi connectivity index (χ0) is 16.9. The maximum Gasteiger partial charge on any atom is 0.118 e. The zero-order valence-corrected chi connectivity index (χ0v) is 14.9. The molecule has 0 amide bonds. The number of hydrogen-bond donors (Lipinski definition) is 0. The van der Waals surface area contributed by atoms with Crippen molar-refractivity contribution in [2.75, 3.05) is 27.7 Å². The highest BCUT2D eigenvalue weighted by Gasteiger charge is 2.35. The quantitative estimate of drug-likeness (QED) is 0.816. The van der Waals surface area contributed by atoms with Gasteiger partial charge in [-0.25, -0.2) is 0 Å². The van der Waals surface area contributed by atoms with Crippen molar-refractivity contribution in [2.24, 2.45) is 0 Å². The molecule has 0 aliphatic carbocycles. The summed E-state index contributed by atoms with van der Waals surface area (Å²) in [6.07, 6.45) is 6.08. The molecule has 0 spiro atoms. The molecular weight excluding hydrogens is 298 g/mol. The number of ether oxygens (including phenoxy) is 1. The number of rotatable bonds is 6. The first-order chi connectivity index (χ1) is 11.7. The molecule has 24 heavy (non-hydrogen) atoms. The monoisotopic (exact) mass is 325 g/mol. The lowest BCUT2D eigenvalue weighted by atomic mass is 10.00. The van der Waals surface area contributed by atoms with Crippen molar-refractivity contribution >= 4 is 0 Å². The van der Waals surface area contributed by atoms with Crippen LogP contribution in [0.4, 0.5) is 0 Å². The Balaban J connectivity index is 1.74. The zero-order valence-electron chi connectivity index (χ0n) is 14.9. The normalized spacial score (nSPS) is 21.3. The number of benzene rings is 1. The SMILES string of the molecule is COc1ccc(CN2CC[C@@H](N(C)C)[C@@H]2Cc2ccncc2)cc1. The average molecular weight is 325 g/mol. The van der Waals surface area contributed by atoms with Crippen molar-refractivity contribution in [3.63, 3.8) is 0 Å². The van der Waals surface area contributed by atoms with Crippen LogP contribution in [0, 0.1) is 0 Å². The van der Waals surface area contributed by atoms with Gasteiger partial charge in [0, 0.05) is 37.6 Å². The molecular formula is C20H27N3O. The molecule has 0 saturated carbocycles. The van der Waals surface area contributed by atoms with Gasteiger partial charge in [0.25, 0.3) is 0 Å².